The largest absolute Gasteiger partial charge is 0.378 e. The van der Waals surface area contributed by atoms with E-state index in [1.54, 1.807) is 0 Å². The summed E-state index contributed by atoms with van der Waals surface area (Å²) in [4.78, 5) is 0. The summed E-state index contributed by atoms with van der Waals surface area (Å²) < 4.78 is 27.0. The van der Waals surface area contributed by atoms with Crippen LogP contribution in [-0.2, 0) is 6.54 Å². The van der Waals surface area contributed by atoms with Gasteiger partial charge in [0.2, 0.25) is 0 Å². The van der Waals surface area contributed by atoms with Gasteiger partial charge < -0.3 is 5.32 Å². The van der Waals surface area contributed by atoms with Crippen LogP contribution in [0.3, 0.4) is 0 Å². The fourth-order valence-electron chi connectivity index (χ4n) is 1.64. The van der Waals surface area contributed by atoms with E-state index in [-0.39, 0.29) is 10.2 Å². The number of nitrogens with one attached hydrogen (secondary N) is 1. The van der Waals surface area contributed by atoms with E-state index in [9.17, 15) is 8.78 Å². The standard InChI is InChI=1S/C14H11BrClF2N/c1-8-2-3-9(11(16)4-8)7-19-14-6-12(17)10(15)5-13(14)18/h2-6,19H,7H2,1H3. The lowest BCUT2D eigenvalue weighted by atomic mass is 10.1. The van der Waals surface area contributed by atoms with Crippen molar-refractivity contribution in [2.24, 2.45) is 0 Å². The smallest absolute Gasteiger partial charge is 0.147 e. The van der Waals surface area contributed by atoms with E-state index in [0.29, 0.717) is 11.6 Å². The minimum Gasteiger partial charge on any atom is -0.378 e. The van der Waals surface area contributed by atoms with Gasteiger partial charge in [0.15, 0.2) is 0 Å². The zero-order chi connectivity index (χ0) is 14.0. The summed E-state index contributed by atoms with van der Waals surface area (Å²) in [7, 11) is 0. The summed E-state index contributed by atoms with van der Waals surface area (Å²) in [5.41, 5.74) is 1.99. The van der Waals surface area contributed by atoms with E-state index in [1.807, 2.05) is 25.1 Å². The average Bonchev–Trinajstić information content (AvgIpc) is 2.34. The van der Waals surface area contributed by atoms with Crippen LogP contribution in [0.2, 0.25) is 5.02 Å². The van der Waals surface area contributed by atoms with Crippen molar-refractivity contribution < 1.29 is 8.78 Å². The van der Waals surface area contributed by atoms with Gasteiger partial charge in [-0.1, -0.05) is 23.7 Å². The molecule has 0 bridgehead atoms. The molecule has 0 saturated carbocycles. The van der Waals surface area contributed by atoms with Crippen molar-refractivity contribution >= 4 is 33.2 Å². The molecule has 2 aromatic carbocycles. The van der Waals surface area contributed by atoms with Crippen molar-refractivity contribution in [2.45, 2.75) is 13.5 Å². The molecular formula is C14H11BrClF2N. The highest BCUT2D eigenvalue weighted by Gasteiger charge is 2.08. The van der Waals surface area contributed by atoms with Gasteiger partial charge in [-0.3, -0.25) is 0 Å². The Bertz CT molecular complexity index is 617. The summed E-state index contributed by atoms with van der Waals surface area (Å²) in [6.45, 7) is 2.27. The van der Waals surface area contributed by atoms with Gasteiger partial charge in [0.25, 0.3) is 0 Å². The maximum absolute atomic E-state index is 13.6. The Morgan fingerprint density at radius 1 is 1.16 bits per heavy atom. The molecule has 0 spiro atoms. The van der Waals surface area contributed by atoms with Crippen LogP contribution in [0.25, 0.3) is 0 Å². The third kappa shape index (κ3) is 3.45. The van der Waals surface area contributed by atoms with E-state index in [1.165, 1.54) is 0 Å². The van der Waals surface area contributed by atoms with Crippen molar-refractivity contribution in [3.05, 3.63) is 62.6 Å². The monoisotopic (exact) mass is 345 g/mol. The van der Waals surface area contributed by atoms with Crippen molar-refractivity contribution in [3.63, 3.8) is 0 Å². The predicted octanol–water partition coefficient (Wildman–Crippen LogP) is 5.30. The highest BCUT2D eigenvalue weighted by Crippen LogP contribution is 2.25. The first-order chi connectivity index (χ1) is 8.97. The first-order valence-corrected chi connectivity index (χ1v) is 6.78. The molecule has 0 atom stereocenters. The molecule has 0 aliphatic heterocycles. The van der Waals surface area contributed by atoms with Crippen molar-refractivity contribution in [2.75, 3.05) is 5.32 Å². The molecule has 0 heterocycles. The van der Waals surface area contributed by atoms with Gasteiger partial charge in [-0.2, -0.15) is 0 Å². The molecule has 100 valence electrons. The number of aryl methyl sites for hydroxylation is 1. The van der Waals surface area contributed by atoms with Crippen LogP contribution in [0.4, 0.5) is 14.5 Å². The molecule has 19 heavy (non-hydrogen) atoms. The minimum atomic E-state index is -0.517. The van der Waals surface area contributed by atoms with Crippen LogP contribution in [0.5, 0.6) is 0 Å². The Morgan fingerprint density at radius 2 is 1.89 bits per heavy atom. The van der Waals surface area contributed by atoms with Crippen molar-refractivity contribution in [3.8, 4) is 0 Å². The quantitative estimate of drug-likeness (QED) is 0.744. The van der Waals surface area contributed by atoms with Crippen LogP contribution in [0.15, 0.2) is 34.8 Å². The molecule has 0 fully saturated rings. The lowest BCUT2D eigenvalue weighted by Gasteiger charge is -2.10. The third-order valence-electron chi connectivity index (χ3n) is 2.69. The summed E-state index contributed by atoms with van der Waals surface area (Å²) >= 11 is 9.01. The molecule has 2 rings (SSSR count). The maximum Gasteiger partial charge on any atom is 0.147 e. The molecule has 0 aliphatic carbocycles. The van der Waals surface area contributed by atoms with Gasteiger partial charge in [0, 0.05) is 17.6 Å². The highest BCUT2D eigenvalue weighted by atomic mass is 79.9. The second-order valence-electron chi connectivity index (χ2n) is 4.19. The molecule has 0 unspecified atom stereocenters. The van der Waals surface area contributed by atoms with Crippen LogP contribution < -0.4 is 5.32 Å². The van der Waals surface area contributed by atoms with Gasteiger partial charge in [0.05, 0.1) is 10.2 Å². The van der Waals surface area contributed by atoms with E-state index >= 15 is 0 Å². The van der Waals surface area contributed by atoms with Gasteiger partial charge in [-0.05, 0) is 46.1 Å². The summed E-state index contributed by atoms with van der Waals surface area (Å²) in [6.07, 6.45) is 0. The molecule has 0 amide bonds. The maximum atomic E-state index is 13.6. The summed E-state index contributed by atoms with van der Waals surface area (Å²) in [5.74, 6) is -1.03. The van der Waals surface area contributed by atoms with Crippen molar-refractivity contribution in [1.29, 1.82) is 0 Å². The normalized spacial score (nSPS) is 10.6. The topological polar surface area (TPSA) is 12.0 Å². The Labute approximate surface area is 123 Å². The fraction of sp³-hybridized carbons (Fsp3) is 0.143. The SMILES string of the molecule is Cc1ccc(CNc2cc(F)c(Br)cc2F)c(Cl)c1. The second-order valence-corrected chi connectivity index (χ2v) is 5.46. The lowest BCUT2D eigenvalue weighted by molar-refractivity contribution is 0.596. The van der Waals surface area contributed by atoms with Gasteiger partial charge >= 0.3 is 0 Å². The lowest BCUT2D eigenvalue weighted by Crippen LogP contribution is -2.03. The van der Waals surface area contributed by atoms with E-state index < -0.39 is 11.6 Å². The second kappa shape index (κ2) is 5.88. The number of halogens is 4. The Balaban J connectivity index is 2.16. The molecule has 2 aromatic rings. The molecule has 1 nitrogen and oxygen atoms in total. The van der Waals surface area contributed by atoms with Gasteiger partial charge in [-0.25, -0.2) is 8.78 Å². The number of benzene rings is 2. The van der Waals surface area contributed by atoms with Crippen LogP contribution >= 0.6 is 27.5 Å². The molecule has 0 aliphatic rings. The number of hydrogen-bond donors (Lipinski definition) is 1. The zero-order valence-electron chi connectivity index (χ0n) is 10.1. The first-order valence-electron chi connectivity index (χ1n) is 5.61. The molecule has 0 radical (unpaired) electrons. The van der Waals surface area contributed by atoms with Crippen LogP contribution in [0.1, 0.15) is 11.1 Å². The van der Waals surface area contributed by atoms with E-state index in [0.717, 1.165) is 23.3 Å². The van der Waals surface area contributed by atoms with Crippen molar-refractivity contribution in [1.82, 2.24) is 0 Å². The van der Waals surface area contributed by atoms with E-state index in [4.69, 9.17) is 11.6 Å². The number of hydrogen-bond acceptors (Lipinski definition) is 1. The predicted molar refractivity (Wildman–Crippen MR) is 77.6 cm³/mol. The Hall–Kier alpha value is -1.13. The number of anilines is 1. The molecule has 0 aromatic heterocycles. The minimum absolute atomic E-state index is 0.101. The van der Waals surface area contributed by atoms with Gasteiger partial charge in [0.1, 0.15) is 11.6 Å². The van der Waals surface area contributed by atoms with Gasteiger partial charge in [-0.15, -0.1) is 0 Å². The Kier molecular flexibility index (Phi) is 4.42. The highest BCUT2D eigenvalue weighted by molar-refractivity contribution is 9.10. The fourth-order valence-corrected chi connectivity index (χ4v) is 2.26. The molecular weight excluding hydrogens is 336 g/mol. The Morgan fingerprint density at radius 3 is 2.58 bits per heavy atom. The number of rotatable bonds is 3. The molecule has 0 saturated heterocycles. The zero-order valence-corrected chi connectivity index (χ0v) is 12.4. The van der Waals surface area contributed by atoms with Crippen LogP contribution in [0, 0.1) is 18.6 Å². The third-order valence-corrected chi connectivity index (χ3v) is 3.65. The van der Waals surface area contributed by atoms with Crippen LogP contribution in [-0.4, -0.2) is 0 Å². The average molecular weight is 347 g/mol. The van der Waals surface area contributed by atoms with E-state index in [2.05, 4.69) is 21.2 Å². The molecule has 5 heteroatoms. The summed E-state index contributed by atoms with van der Waals surface area (Å²) in [6, 6.07) is 7.81. The first kappa shape index (κ1) is 14.3. The molecule has 1 N–H and O–H groups in total. The summed E-state index contributed by atoms with van der Waals surface area (Å²) in [5, 5.41) is 3.44.